The second kappa shape index (κ2) is 5.95. The van der Waals surface area contributed by atoms with Crippen LogP contribution >= 0.6 is 0 Å². The quantitative estimate of drug-likeness (QED) is 0.457. The predicted molar refractivity (Wildman–Crippen MR) is 100 cm³/mol. The fourth-order valence-corrected chi connectivity index (χ4v) is 3.63. The fraction of sp³-hybridized carbons (Fsp3) is 0.190. The van der Waals surface area contributed by atoms with Gasteiger partial charge in [0.25, 0.3) is 11.7 Å². The van der Waals surface area contributed by atoms with E-state index in [1.165, 1.54) is 16.7 Å². The minimum atomic E-state index is -0.639. The third kappa shape index (κ3) is 2.52. The van der Waals surface area contributed by atoms with Crippen LogP contribution < -0.4 is 5.32 Å². The summed E-state index contributed by atoms with van der Waals surface area (Å²) < 4.78 is 1.61. The van der Waals surface area contributed by atoms with E-state index in [2.05, 4.69) is 22.5 Å². The molecular weight excluding hydrogens is 326 g/mol. The van der Waals surface area contributed by atoms with Gasteiger partial charge in [-0.1, -0.05) is 30.3 Å². The van der Waals surface area contributed by atoms with Gasteiger partial charge in [0.15, 0.2) is 0 Å². The fourth-order valence-electron chi connectivity index (χ4n) is 3.63. The van der Waals surface area contributed by atoms with Crippen LogP contribution in [0.25, 0.3) is 11.1 Å². The molecule has 0 bridgehead atoms. The topological polar surface area (TPSA) is 64.0 Å². The summed E-state index contributed by atoms with van der Waals surface area (Å²) in [6.45, 7) is 3.52. The monoisotopic (exact) mass is 345 g/mol. The molecule has 4 rings (SSSR count). The summed E-state index contributed by atoms with van der Waals surface area (Å²) in [6, 6.07) is 14.1. The molecule has 3 aromatic rings. The second-order valence-corrected chi connectivity index (χ2v) is 6.66. The van der Waals surface area contributed by atoms with E-state index in [9.17, 15) is 9.59 Å². The molecule has 0 aliphatic heterocycles. The molecule has 0 spiro atoms. The number of carbonyl (C=O) groups excluding carboxylic acids is 2. The summed E-state index contributed by atoms with van der Waals surface area (Å²) in [6.07, 6.45) is 0.837. The van der Waals surface area contributed by atoms with Crippen molar-refractivity contribution in [2.24, 2.45) is 7.05 Å². The maximum absolute atomic E-state index is 12.6. The summed E-state index contributed by atoms with van der Waals surface area (Å²) in [7, 11) is 1.76. The molecule has 1 aromatic heterocycles. The van der Waals surface area contributed by atoms with E-state index in [0.29, 0.717) is 22.6 Å². The van der Waals surface area contributed by atoms with Gasteiger partial charge in [-0.3, -0.25) is 14.3 Å². The molecule has 130 valence electrons. The van der Waals surface area contributed by atoms with E-state index in [1.807, 2.05) is 30.3 Å². The van der Waals surface area contributed by atoms with E-state index in [-0.39, 0.29) is 0 Å². The Hall–Kier alpha value is -3.21. The molecule has 1 heterocycles. The highest BCUT2D eigenvalue weighted by Crippen LogP contribution is 2.37. The van der Waals surface area contributed by atoms with E-state index < -0.39 is 11.7 Å². The Balaban J connectivity index is 1.58. The molecule has 0 radical (unpaired) electrons. The summed E-state index contributed by atoms with van der Waals surface area (Å²) >= 11 is 0. The average molecular weight is 345 g/mol. The summed E-state index contributed by atoms with van der Waals surface area (Å²) in [5.74, 6) is -1.20. The number of ketones is 1. The van der Waals surface area contributed by atoms with Crippen molar-refractivity contribution in [1.82, 2.24) is 9.78 Å². The average Bonchev–Trinajstić information content (AvgIpc) is 3.10. The number of hydrogen-bond donors (Lipinski definition) is 1. The maximum Gasteiger partial charge on any atom is 0.296 e. The van der Waals surface area contributed by atoms with E-state index in [0.717, 1.165) is 12.0 Å². The van der Waals surface area contributed by atoms with Gasteiger partial charge in [0, 0.05) is 18.4 Å². The largest absolute Gasteiger partial charge is 0.319 e. The van der Waals surface area contributed by atoms with Crippen LogP contribution in [0, 0.1) is 13.8 Å². The molecule has 5 heteroatoms. The Morgan fingerprint density at radius 3 is 2.50 bits per heavy atom. The van der Waals surface area contributed by atoms with Gasteiger partial charge < -0.3 is 5.32 Å². The molecule has 0 saturated heterocycles. The Bertz CT molecular complexity index is 1060. The van der Waals surface area contributed by atoms with Crippen LogP contribution in [0.3, 0.4) is 0 Å². The van der Waals surface area contributed by atoms with Crippen molar-refractivity contribution >= 4 is 17.4 Å². The lowest BCUT2D eigenvalue weighted by Gasteiger charge is -2.07. The van der Waals surface area contributed by atoms with Crippen molar-refractivity contribution in [1.29, 1.82) is 0 Å². The first-order chi connectivity index (χ1) is 12.5. The van der Waals surface area contributed by atoms with Crippen LogP contribution in [0.4, 0.5) is 5.69 Å². The van der Waals surface area contributed by atoms with Crippen molar-refractivity contribution < 1.29 is 9.59 Å². The van der Waals surface area contributed by atoms with Crippen molar-refractivity contribution in [2.45, 2.75) is 20.3 Å². The Morgan fingerprint density at radius 1 is 1.04 bits per heavy atom. The molecule has 2 aromatic carbocycles. The van der Waals surface area contributed by atoms with Crippen LogP contribution in [-0.4, -0.2) is 21.5 Å². The number of fused-ring (bicyclic) bond motifs is 3. The summed E-state index contributed by atoms with van der Waals surface area (Å²) in [5, 5.41) is 6.94. The number of aryl methyl sites for hydroxylation is 2. The number of rotatable bonds is 3. The second-order valence-electron chi connectivity index (χ2n) is 6.66. The standard InChI is InChI=1S/C21H19N3O2/c1-12-19(13(2)24(3)23-12)20(25)21(26)22-16-8-9-18-15(11-16)10-14-6-4-5-7-17(14)18/h4-9,11H,10H2,1-3H3,(H,22,26). The molecule has 1 amide bonds. The molecule has 0 unspecified atom stereocenters. The molecule has 5 nitrogen and oxygen atoms in total. The third-order valence-electron chi connectivity index (χ3n) is 4.99. The number of anilines is 1. The minimum absolute atomic E-state index is 0.374. The first-order valence-electron chi connectivity index (χ1n) is 8.53. The number of benzene rings is 2. The minimum Gasteiger partial charge on any atom is -0.319 e. The first-order valence-corrected chi connectivity index (χ1v) is 8.53. The Morgan fingerprint density at radius 2 is 1.77 bits per heavy atom. The molecule has 0 atom stereocenters. The molecule has 1 N–H and O–H groups in total. The predicted octanol–water partition coefficient (Wildman–Crippen LogP) is 3.43. The van der Waals surface area contributed by atoms with Gasteiger partial charge in [-0.25, -0.2) is 0 Å². The molecule has 0 saturated carbocycles. The van der Waals surface area contributed by atoms with Gasteiger partial charge >= 0.3 is 0 Å². The number of Topliss-reactive ketones (excluding diaryl/α,β-unsaturated/α-hetero) is 1. The summed E-state index contributed by atoms with van der Waals surface area (Å²) in [4.78, 5) is 25.0. The zero-order valence-electron chi connectivity index (χ0n) is 15.0. The molecule has 1 aliphatic carbocycles. The lowest BCUT2D eigenvalue weighted by Crippen LogP contribution is -2.24. The first kappa shape index (κ1) is 16.3. The van der Waals surface area contributed by atoms with Crippen LogP contribution in [0.5, 0.6) is 0 Å². The van der Waals surface area contributed by atoms with E-state index >= 15 is 0 Å². The highest BCUT2D eigenvalue weighted by atomic mass is 16.2. The zero-order chi connectivity index (χ0) is 18.4. The van der Waals surface area contributed by atoms with Crippen LogP contribution in [0.2, 0.25) is 0 Å². The molecule has 0 fully saturated rings. The Labute approximate surface area is 151 Å². The molecule has 26 heavy (non-hydrogen) atoms. The number of aromatic nitrogens is 2. The molecular formula is C21H19N3O2. The van der Waals surface area contributed by atoms with Gasteiger partial charge in [-0.05, 0) is 54.7 Å². The lowest BCUT2D eigenvalue weighted by atomic mass is 10.1. The maximum atomic E-state index is 12.6. The van der Waals surface area contributed by atoms with Crippen molar-refractivity contribution in [3.8, 4) is 11.1 Å². The van der Waals surface area contributed by atoms with Crippen LogP contribution in [0.15, 0.2) is 42.5 Å². The lowest BCUT2D eigenvalue weighted by molar-refractivity contribution is -0.112. The Kier molecular flexibility index (Phi) is 3.72. The third-order valence-corrected chi connectivity index (χ3v) is 4.99. The number of hydrogen-bond acceptors (Lipinski definition) is 3. The van der Waals surface area contributed by atoms with Gasteiger partial charge in [-0.2, -0.15) is 5.10 Å². The number of carbonyl (C=O) groups is 2. The van der Waals surface area contributed by atoms with E-state index in [4.69, 9.17) is 0 Å². The number of nitrogens with one attached hydrogen (secondary N) is 1. The van der Waals surface area contributed by atoms with Gasteiger partial charge in [0.1, 0.15) is 0 Å². The number of nitrogens with zero attached hydrogens (tertiary/aromatic N) is 2. The van der Waals surface area contributed by atoms with Crippen LogP contribution in [0.1, 0.15) is 32.9 Å². The van der Waals surface area contributed by atoms with Crippen LogP contribution in [-0.2, 0) is 18.3 Å². The van der Waals surface area contributed by atoms with Gasteiger partial charge in [-0.15, -0.1) is 0 Å². The summed E-state index contributed by atoms with van der Waals surface area (Å²) in [5.41, 5.74) is 7.12. The van der Waals surface area contributed by atoms with Crippen molar-refractivity contribution in [3.63, 3.8) is 0 Å². The van der Waals surface area contributed by atoms with Gasteiger partial charge in [0.05, 0.1) is 11.3 Å². The van der Waals surface area contributed by atoms with E-state index in [1.54, 1.807) is 25.6 Å². The van der Waals surface area contributed by atoms with Crippen molar-refractivity contribution in [2.75, 3.05) is 5.32 Å². The smallest absolute Gasteiger partial charge is 0.296 e. The highest BCUT2D eigenvalue weighted by molar-refractivity contribution is 6.47. The molecule has 1 aliphatic rings. The zero-order valence-corrected chi connectivity index (χ0v) is 15.0. The van der Waals surface area contributed by atoms with Gasteiger partial charge in [0.2, 0.25) is 0 Å². The van der Waals surface area contributed by atoms with Crippen molar-refractivity contribution in [3.05, 3.63) is 70.5 Å². The number of amides is 1. The highest BCUT2D eigenvalue weighted by Gasteiger charge is 2.24. The normalized spacial score (nSPS) is 11.8. The SMILES string of the molecule is Cc1nn(C)c(C)c1C(=O)C(=O)Nc1ccc2c(c1)Cc1ccccc1-2.